The van der Waals surface area contributed by atoms with E-state index in [4.69, 9.17) is 4.74 Å². The summed E-state index contributed by atoms with van der Waals surface area (Å²) in [7, 11) is 0. The highest BCUT2D eigenvalue weighted by Gasteiger charge is 2.27. The van der Waals surface area contributed by atoms with Crippen LogP contribution in [0.25, 0.3) is 0 Å². The zero-order chi connectivity index (χ0) is 15.4. The molecule has 1 amide bonds. The van der Waals surface area contributed by atoms with Crippen LogP contribution in [0.2, 0.25) is 0 Å². The summed E-state index contributed by atoms with van der Waals surface area (Å²) in [6.07, 6.45) is 5.26. The predicted molar refractivity (Wildman–Crippen MR) is 87.7 cm³/mol. The van der Waals surface area contributed by atoms with Gasteiger partial charge in [-0.3, -0.25) is 4.79 Å². The first-order chi connectivity index (χ1) is 10.0. The molecule has 1 saturated heterocycles. The number of ether oxygens (including phenoxy) is 1. The zero-order valence-corrected chi connectivity index (χ0v) is 14.7. The summed E-state index contributed by atoms with van der Waals surface area (Å²) >= 11 is 3.47. The number of halogens is 1. The van der Waals surface area contributed by atoms with Crippen LogP contribution in [-0.4, -0.2) is 41.2 Å². The molecule has 4 nitrogen and oxygen atoms in total. The Balaban J connectivity index is 2.09. The lowest BCUT2D eigenvalue weighted by Gasteiger charge is -2.33. The van der Waals surface area contributed by atoms with Gasteiger partial charge in [0, 0.05) is 36.4 Å². The van der Waals surface area contributed by atoms with Gasteiger partial charge in [-0.2, -0.15) is 0 Å². The van der Waals surface area contributed by atoms with Crippen molar-refractivity contribution in [3.8, 4) is 0 Å². The van der Waals surface area contributed by atoms with Gasteiger partial charge >= 0.3 is 0 Å². The number of likely N-dealkylation sites (tertiary alicyclic amines) is 1. The van der Waals surface area contributed by atoms with Crippen molar-refractivity contribution < 1.29 is 9.53 Å². The molecule has 0 radical (unpaired) electrons. The monoisotopic (exact) mass is 356 g/mol. The van der Waals surface area contributed by atoms with Crippen molar-refractivity contribution in [3.05, 3.63) is 22.4 Å². The molecule has 21 heavy (non-hydrogen) atoms. The molecule has 1 aliphatic heterocycles. The normalized spacial score (nSPS) is 19.3. The van der Waals surface area contributed by atoms with Gasteiger partial charge in [-0.1, -0.05) is 6.92 Å². The van der Waals surface area contributed by atoms with E-state index in [9.17, 15) is 4.79 Å². The van der Waals surface area contributed by atoms with Gasteiger partial charge in [-0.25, -0.2) is 0 Å². The van der Waals surface area contributed by atoms with Gasteiger partial charge < -0.3 is 14.2 Å². The average Bonchev–Trinajstić information content (AvgIpc) is 2.87. The number of carbonyl (C=O) groups is 1. The quantitative estimate of drug-likeness (QED) is 0.802. The molecule has 0 saturated carbocycles. The minimum Gasteiger partial charge on any atom is -0.376 e. The zero-order valence-electron chi connectivity index (χ0n) is 13.1. The Bertz CT molecular complexity index is 485. The number of hydrogen-bond donors (Lipinski definition) is 0. The lowest BCUT2D eigenvalue weighted by molar-refractivity contribution is 0.00173. The molecule has 118 valence electrons. The topological polar surface area (TPSA) is 34.5 Å². The molecular formula is C16H25BrN2O2. The van der Waals surface area contributed by atoms with E-state index in [1.165, 1.54) is 0 Å². The lowest BCUT2D eigenvalue weighted by atomic mass is 10.1. The summed E-state index contributed by atoms with van der Waals surface area (Å²) in [5.41, 5.74) is 0.757. The fraction of sp³-hybridized carbons (Fsp3) is 0.688. The van der Waals surface area contributed by atoms with Crippen molar-refractivity contribution in [2.24, 2.45) is 0 Å². The Hall–Kier alpha value is -0.810. The molecule has 2 rings (SSSR count). The van der Waals surface area contributed by atoms with E-state index in [-0.39, 0.29) is 18.1 Å². The second-order valence-electron chi connectivity index (χ2n) is 5.93. The van der Waals surface area contributed by atoms with Crippen LogP contribution in [0.3, 0.4) is 0 Å². The minimum absolute atomic E-state index is 0.110. The number of carbonyl (C=O) groups excluding carboxylic acids is 1. The third-order valence-corrected chi connectivity index (χ3v) is 4.25. The van der Waals surface area contributed by atoms with E-state index in [0.29, 0.717) is 6.54 Å². The van der Waals surface area contributed by atoms with Crippen LogP contribution < -0.4 is 0 Å². The molecule has 0 aromatic carbocycles. The van der Waals surface area contributed by atoms with Crippen LogP contribution in [-0.2, 0) is 4.74 Å². The molecule has 1 fully saturated rings. The van der Waals surface area contributed by atoms with Crippen LogP contribution in [0.15, 0.2) is 16.7 Å². The Morgan fingerprint density at radius 2 is 2.29 bits per heavy atom. The van der Waals surface area contributed by atoms with Crippen molar-refractivity contribution in [2.45, 2.75) is 52.2 Å². The van der Waals surface area contributed by atoms with Gasteiger partial charge in [0.1, 0.15) is 5.69 Å². The van der Waals surface area contributed by atoms with Crippen LogP contribution in [0, 0.1) is 0 Å². The average molecular weight is 357 g/mol. The first-order valence-electron chi connectivity index (χ1n) is 7.81. The Labute approximate surface area is 135 Å². The van der Waals surface area contributed by atoms with Crippen molar-refractivity contribution in [1.29, 1.82) is 0 Å². The highest BCUT2D eigenvalue weighted by molar-refractivity contribution is 9.10. The fourth-order valence-electron chi connectivity index (χ4n) is 2.75. The molecule has 1 aromatic rings. The van der Waals surface area contributed by atoms with Gasteiger partial charge in [-0.15, -0.1) is 0 Å². The van der Waals surface area contributed by atoms with E-state index in [1.807, 2.05) is 21.7 Å². The second kappa shape index (κ2) is 7.45. The molecule has 0 bridgehead atoms. The van der Waals surface area contributed by atoms with E-state index < -0.39 is 0 Å². The molecule has 0 N–H and O–H groups in total. The maximum Gasteiger partial charge on any atom is 0.270 e. The third kappa shape index (κ3) is 4.10. The number of amides is 1. The molecular weight excluding hydrogens is 332 g/mol. The van der Waals surface area contributed by atoms with Crippen LogP contribution in [0.5, 0.6) is 0 Å². The number of aromatic nitrogens is 1. The van der Waals surface area contributed by atoms with Gasteiger partial charge in [-0.05, 0) is 55.1 Å². The molecule has 0 spiro atoms. The minimum atomic E-state index is 0.110. The van der Waals surface area contributed by atoms with E-state index in [1.54, 1.807) is 0 Å². The highest BCUT2D eigenvalue weighted by Crippen LogP contribution is 2.23. The molecule has 5 heteroatoms. The van der Waals surface area contributed by atoms with Crippen molar-refractivity contribution in [2.75, 3.05) is 19.7 Å². The summed E-state index contributed by atoms with van der Waals surface area (Å²) in [5.74, 6) is 0.110. The smallest absolute Gasteiger partial charge is 0.270 e. The van der Waals surface area contributed by atoms with Gasteiger partial charge in [0.25, 0.3) is 5.91 Å². The summed E-state index contributed by atoms with van der Waals surface area (Å²) in [4.78, 5) is 14.7. The number of hydrogen-bond acceptors (Lipinski definition) is 2. The van der Waals surface area contributed by atoms with Crippen LogP contribution in [0.1, 0.15) is 56.6 Å². The van der Waals surface area contributed by atoms with Gasteiger partial charge in [0.15, 0.2) is 0 Å². The van der Waals surface area contributed by atoms with Crippen LogP contribution >= 0.6 is 15.9 Å². The van der Waals surface area contributed by atoms with Crippen molar-refractivity contribution in [1.82, 2.24) is 9.47 Å². The number of piperidine rings is 1. The molecule has 0 aliphatic carbocycles. The summed E-state index contributed by atoms with van der Waals surface area (Å²) in [6.45, 7) is 8.60. The molecule has 1 unspecified atom stereocenters. The first-order valence-corrected chi connectivity index (χ1v) is 8.60. The summed E-state index contributed by atoms with van der Waals surface area (Å²) < 4.78 is 8.81. The summed E-state index contributed by atoms with van der Waals surface area (Å²) in [6, 6.07) is 2.19. The molecule has 1 atom stereocenters. The Morgan fingerprint density at radius 3 is 2.95 bits per heavy atom. The third-order valence-electron chi connectivity index (χ3n) is 3.81. The van der Waals surface area contributed by atoms with Gasteiger partial charge in [0.2, 0.25) is 0 Å². The van der Waals surface area contributed by atoms with E-state index in [0.717, 1.165) is 42.6 Å². The van der Waals surface area contributed by atoms with E-state index >= 15 is 0 Å². The maximum atomic E-state index is 12.8. The van der Waals surface area contributed by atoms with Crippen molar-refractivity contribution >= 4 is 21.8 Å². The largest absolute Gasteiger partial charge is 0.376 e. The standard InChI is InChI=1S/C16H25BrN2O2/c1-4-8-21-14-6-5-7-18(11-14)16(20)15-9-13(17)10-19(15)12(2)3/h9-10,12,14H,4-8,11H2,1-3H3. The Morgan fingerprint density at radius 1 is 1.52 bits per heavy atom. The fourth-order valence-corrected chi connectivity index (χ4v) is 3.19. The molecule has 1 aromatic heterocycles. The molecule has 1 aliphatic rings. The molecule has 2 heterocycles. The van der Waals surface area contributed by atoms with Gasteiger partial charge in [0.05, 0.1) is 6.10 Å². The highest BCUT2D eigenvalue weighted by atomic mass is 79.9. The predicted octanol–water partition coefficient (Wildman–Crippen LogP) is 3.86. The maximum absolute atomic E-state index is 12.8. The first kappa shape index (κ1) is 16.6. The number of rotatable bonds is 5. The Kier molecular flexibility index (Phi) is 5.88. The number of nitrogens with zero attached hydrogens (tertiary/aromatic N) is 2. The van der Waals surface area contributed by atoms with E-state index in [2.05, 4.69) is 36.7 Å². The SMILES string of the molecule is CCCOC1CCCN(C(=O)c2cc(Br)cn2C(C)C)C1. The second-order valence-corrected chi connectivity index (χ2v) is 6.85. The summed E-state index contributed by atoms with van der Waals surface area (Å²) in [5, 5.41) is 0. The van der Waals surface area contributed by atoms with Crippen molar-refractivity contribution in [3.63, 3.8) is 0 Å². The lowest BCUT2D eigenvalue weighted by Crippen LogP contribution is -2.44. The van der Waals surface area contributed by atoms with Crippen LogP contribution in [0.4, 0.5) is 0 Å².